The topological polar surface area (TPSA) is 36.9 Å². The third-order valence-electron chi connectivity index (χ3n) is 9.42. The molecular formula is C40H36N4OPt-2. The molecule has 0 saturated carbocycles. The molecule has 0 fully saturated rings. The van der Waals surface area contributed by atoms with Crippen LogP contribution in [0.2, 0.25) is 0 Å². The first-order chi connectivity index (χ1) is 22.3. The van der Waals surface area contributed by atoms with Gasteiger partial charge in [-0.25, -0.2) is 4.98 Å². The number of imidazole rings is 1. The zero-order valence-electron chi connectivity index (χ0n) is 26.6. The number of benzene rings is 4. The predicted molar refractivity (Wildman–Crippen MR) is 181 cm³/mol. The van der Waals surface area contributed by atoms with Crippen molar-refractivity contribution >= 4 is 32.8 Å². The molecule has 7 aromatic rings. The van der Waals surface area contributed by atoms with E-state index in [-0.39, 0.29) is 11.5 Å². The standard InChI is InChI=1S/C40H36N4O.Pt/c1-40(2,3)28-21-22-41-39(23-28)44-35-14-8-6-12-31(35)32-20-19-30(25-38(32)44)45-29-18-17-27-11-5-7-13-34(33(27)24-29)43-26-42(4)36-15-9-10-16-37(36)43;/h6,8-10,12,14-23,34H,5,7,11,13H2,1-4H3;/q-2;. The molecule has 0 N–H and O–H groups in total. The summed E-state index contributed by atoms with van der Waals surface area (Å²) in [6.45, 7) is 6.70. The van der Waals surface area contributed by atoms with E-state index in [1.54, 1.807) is 0 Å². The summed E-state index contributed by atoms with van der Waals surface area (Å²) < 4.78 is 14.8. The molecule has 4 aromatic carbocycles. The summed E-state index contributed by atoms with van der Waals surface area (Å²) in [5.41, 5.74) is 8.38. The van der Waals surface area contributed by atoms with Crippen LogP contribution in [0.25, 0.3) is 38.7 Å². The molecule has 0 amide bonds. The van der Waals surface area contributed by atoms with Gasteiger partial charge in [0.2, 0.25) is 0 Å². The molecule has 5 nitrogen and oxygen atoms in total. The van der Waals surface area contributed by atoms with Crippen LogP contribution in [-0.2, 0) is 38.2 Å². The summed E-state index contributed by atoms with van der Waals surface area (Å²) in [6.07, 6.45) is 6.39. The van der Waals surface area contributed by atoms with Gasteiger partial charge >= 0.3 is 202 Å². The van der Waals surface area contributed by atoms with E-state index >= 15 is 0 Å². The molecule has 3 heterocycles. The van der Waals surface area contributed by atoms with Gasteiger partial charge in [-0.05, 0) is 29.2 Å². The van der Waals surface area contributed by atoms with Gasteiger partial charge in [0.1, 0.15) is 0 Å². The second-order valence-corrected chi connectivity index (χ2v) is 14.4. The molecule has 1 unspecified atom stereocenters. The Morgan fingerprint density at radius 2 is 1.57 bits per heavy atom. The van der Waals surface area contributed by atoms with E-state index in [4.69, 9.17) is 9.72 Å². The quantitative estimate of drug-likeness (QED) is 0.132. The van der Waals surface area contributed by atoms with Crippen molar-refractivity contribution in [1.82, 2.24) is 18.7 Å². The molecule has 6 heteroatoms. The molecule has 1 aliphatic carbocycles. The summed E-state index contributed by atoms with van der Waals surface area (Å²) in [5.74, 6) is 2.26. The van der Waals surface area contributed by atoms with Crippen LogP contribution in [0.3, 0.4) is 0 Å². The molecule has 1 atom stereocenters. The van der Waals surface area contributed by atoms with Crippen molar-refractivity contribution in [3.63, 3.8) is 0 Å². The van der Waals surface area contributed by atoms with Crippen LogP contribution in [0.5, 0.6) is 11.5 Å². The number of hydrogen-bond acceptors (Lipinski definition) is 2. The summed E-state index contributed by atoms with van der Waals surface area (Å²) in [4.78, 5) is 4.83. The van der Waals surface area contributed by atoms with Crippen molar-refractivity contribution in [3.05, 3.63) is 124 Å². The van der Waals surface area contributed by atoms with Crippen molar-refractivity contribution in [2.75, 3.05) is 0 Å². The molecule has 234 valence electrons. The van der Waals surface area contributed by atoms with Crippen LogP contribution < -0.4 is 4.74 Å². The second kappa shape index (κ2) is 11.2. The third kappa shape index (κ3) is 4.88. The van der Waals surface area contributed by atoms with E-state index < -0.39 is 0 Å². The summed E-state index contributed by atoms with van der Waals surface area (Å²) in [6, 6.07) is 37.6. The number of pyridine rings is 1. The number of hydrogen-bond donors (Lipinski definition) is 0. The number of aryl methyl sites for hydroxylation is 2. The molecule has 8 rings (SSSR count). The molecule has 0 saturated heterocycles. The van der Waals surface area contributed by atoms with E-state index in [2.05, 4.69) is 152 Å². The molecule has 0 radical (unpaired) electrons. The normalized spacial score (nSPS) is 15.4. The molecule has 0 aliphatic heterocycles. The van der Waals surface area contributed by atoms with Gasteiger partial charge in [-0.1, -0.05) is 39.0 Å². The van der Waals surface area contributed by atoms with Crippen LogP contribution >= 0.6 is 0 Å². The number of fused-ring (bicyclic) bond motifs is 5. The van der Waals surface area contributed by atoms with Crippen molar-refractivity contribution in [2.24, 2.45) is 7.05 Å². The Morgan fingerprint density at radius 1 is 0.826 bits per heavy atom. The van der Waals surface area contributed by atoms with Gasteiger partial charge in [0.25, 0.3) is 0 Å². The molecule has 1 aliphatic rings. The van der Waals surface area contributed by atoms with E-state index in [0.29, 0.717) is 11.5 Å². The van der Waals surface area contributed by atoms with Crippen molar-refractivity contribution in [1.29, 1.82) is 0 Å². The Balaban J connectivity index is 1.23. The average Bonchev–Trinajstić information content (AvgIpc) is 3.41. The van der Waals surface area contributed by atoms with E-state index in [0.717, 1.165) is 35.1 Å². The fourth-order valence-corrected chi connectivity index (χ4v) is 7.93. The van der Waals surface area contributed by atoms with Crippen LogP contribution in [0.1, 0.15) is 62.8 Å². The third-order valence-corrected chi connectivity index (χ3v) is 10.7. The molecule has 46 heavy (non-hydrogen) atoms. The number of rotatable bonds is 4. The summed E-state index contributed by atoms with van der Waals surface area (Å²) in [7, 11) is 2.15. The van der Waals surface area contributed by atoms with E-state index in [1.807, 2.05) is 12.3 Å². The molecule has 0 bridgehead atoms. The van der Waals surface area contributed by atoms with Gasteiger partial charge < -0.3 is 0 Å². The summed E-state index contributed by atoms with van der Waals surface area (Å²) in [5, 5.41) is 2.29. The van der Waals surface area contributed by atoms with Crippen molar-refractivity contribution in [3.8, 4) is 17.3 Å². The van der Waals surface area contributed by atoms with Crippen LogP contribution in [-0.4, -0.2) is 18.7 Å². The summed E-state index contributed by atoms with van der Waals surface area (Å²) >= 11 is 2.47. The Labute approximate surface area is 280 Å². The Morgan fingerprint density at radius 3 is 2.39 bits per heavy atom. The van der Waals surface area contributed by atoms with Crippen molar-refractivity contribution in [2.45, 2.75) is 57.9 Å². The number of nitrogens with zero attached hydrogens (tertiary/aromatic N) is 4. The first kappa shape index (κ1) is 29.2. The number of ether oxygens (including phenoxy) is 1. The van der Waals surface area contributed by atoms with Gasteiger partial charge in [0, 0.05) is 6.20 Å². The monoisotopic (exact) mass is 783 g/mol. The van der Waals surface area contributed by atoms with Crippen LogP contribution in [0.15, 0.2) is 91.1 Å². The van der Waals surface area contributed by atoms with Gasteiger partial charge in [0.15, 0.2) is 0 Å². The van der Waals surface area contributed by atoms with Gasteiger partial charge in [-0.3, -0.25) is 0 Å². The zero-order chi connectivity index (χ0) is 31.6. The van der Waals surface area contributed by atoms with Gasteiger partial charge in [-0.15, -0.1) is 0 Å². The minimum atomic E-state index is 0.00981. The molecular weight excluding hydrogens is 748 g/mol. The first-order valence-electron chi connectivity index (χ1n) is 16.0. The van der Waals surface area contributed by atoms with Gasteiger partial charge in [-0.2, -0.15) is 0 Å². The van der Waals surface area contributed by atoms with Crippen LogP contribution in [0, 0.1) is 15.9 Å². The maximum absolute atomic E-state index is 6.60. The fourth-order valence-electron chi connectivity index (χ4n) is 7.03. The second-order valence-electron chi connectivity index (χ2n) is 13.4. The van der Waals surface area contributed by atoms with E-state index in [1.165, 1.54) is 49.8 Å². The Kier molecular flexibility index (Phi) is 7.14. The zero-order valence-corrected chi connectivity index (χ0v) is 28.9. The molecule has 3 aromatic heterocycles. The fraction of sp³-hybridized carbons (Fsp3) is 0.250. The first-order valence-corrected chi connectivity index (χ1v) is 17.2. The van der Waals surface area contributed by atoms with E-state index in [9.17, 15) is 0 Å². The van der Waals surface area contributed by atoms with Crippen LogP contribution in [0.4, 0.5) is 0 Å². The SMILES string of the molecule is Cn1[c](=[Pt])n(C2CCCCc3ccc(Oc4[c-]c5c(cc4)c4ccccc4n5-c4cc(C(C)(C)C)ccn4)[c-]c32)c2ccccc21. The number of aromatic nitrogens is 4. The van der Waals surface area contributed by atoms with Gasteiger partial charge in [0.05, 0.1) is 0 Å². The Hall–Kier alpha value is -4.21. The minimum absolute atomic E-state index is 0.00981. The average molecular weight is 784 g/mol. The number of para-hydroxylation sites is 3. The maximum atomic E-state index is 6.60. The Bertz CT molecular complexity index is 2330. The predicted octanol–water partition coefficient (Wildman–Crippen LogP) is 9.56. The van der Waals surface area contributed by atoms with Crippen molar-refractivity contribution < 1.29 is 24.1 Å². The molecule has 0 spiro atoms.